The summed E-state index contributed by atoms with van der Waals surface area (Å²) in [7, 11) is 0. The van der Waals surface area contributed by atoms with Gasteiger partial charge in [-0.25, -0.2) is 0 Å². The van der Waals surface area contributed by atoms with Crippen LogP contribution < -0.4 is 5.73 Å². The second kappa shape index (κ2) is 8.03. The second-order valence-electron chi connectivity index (χ2n) is 8.77. The van der Waals surface area contributed by atoms with E-state index in [-0.39, 0.29) is 0 Å². The molecule has 1 aliphatic rings. The van der Waals surface area contributed by atoms with E-state index in [2.05, 4.69) is 73.4 Å². The molecule has 1 aromatic heterocycles. The molecule has 0 fully saturated rings. The summed E-state index contributed by atoms with van der Waals surface area (Å²) in [6, 6.07) is 25.5. The summed E-state index contributed by atoms with van der Waals surface area (Å²) in [6.45, 7) is 4.73. The van der Waals surface area contributed by atoms with E-state index < -0.39 is 0 Å². The number of hydrogen-bond donors (Lipinski definition) is 1. The third kappa shape index (κ3) is 3.53. The molecule has 31 heavy (non-hydrogen) atoms. The number of rotatable bonds is 0. The van der Waals surface area contributed by atoms with Gasteiger partial charge < -0.3 is 5.73 Å². The predicted octanol–water partition coefficient (Wildman–Crippen LogP) is 7.50. The van der Waals surface area contributed by atoms with Gasteiger partial charge in [0.15, 0.2) is 0 Å². The van der Waals surface area contributed by atoms with Crippen LogP contribution in [0.4, 0.5) is 5.69 Å². The number of nitrogens with zero attached hydrogens (tertiary/aromatic N) is 1. The maximum Gasteiger partial charge on any atom is 0.0400 e. The highest BCUT2D eigenvalue weighted by Gasteiger charge is 2.24. The molecule has 2 atom stereocenters. The number of hydrogen-bond acceptors (Lipinski definition) is 2. The normalized spacial score (nSPS) is 17.9. The van der Waals surface area contributed by atoms with Crippen molar-refractivity contribution >= 4 is 38.0 Å². The lowest BCUT2D eigenvalue weighted by molar-refractivity contribution is 0.427. The molecule has 0 aliphatic heterocycles. The Morgan fingerprint density at radius 1 is 0.774 bits per heavy atom. The molecule has 2 unspecified atom stereocenters. The predicted molar refractivity (Wildman–Crippen MR) is 134 cm³/mol. The van der Waals surface area contributed by atoms with Gasteiger partial charge in [0, 0.05) is 23.5 Å². The van der Waals surface area contributed by atoms with Crippen molar-refractivity contribution in [1.82, 2.24) is 4.98 Å². The molecular weight excluding hydrogens is 376 g/mol. The van der Waals surface area contributed by atoms with E-state index in [1.54, 1.807) is 0 Å². The van der Waals surface area contributed by atoms with Crippen molar-refractivity contribution in [3.05, 3.63) is 96.3 Å². The number of nitrogen functional groups attached to an aromatic ring is 1. The van der Waals surface area contributed by atoms with Crippen LogP contribution in [-0.2, 0) is 6.42 Å². The smallest absolute Gasteiger partial charge is 0.0400 e. The summed E-state index contributed by atoms with van der Waals surface area (Å²) >= 11 is 0. The Morgan fingerprint density at radius 3 is 2.29 bits per heavy atom. The first kappa shape index (κ1) is 19.6. The number of fused-ring (bicyclic) bond motifs is 6. The van der Waals surface area contributed by atoms with Crippen LogP contribution in [0, 0.1) is 5.92 Å². The van der Waals surface area contributed by atoms with Gasteiger partial charge in [0.25, 0.3) is 0 Å². The third-order valence-corrected chi connectivity index (χ3v) is 6.96. The first-order valence-corrected chi connectivity index (χ1v) is 11.1. The molecule has 6 rings (SSSR count). The molecule has 0 saturated carbocycles. The van der Waals surface area contributed by atoms with Gasteiger partial charge in [-0.15, -0.1) is 0 Å². The lowest BCUT2D eigenvalue weighted by Gasteiger charge is -2.30. The van der Waals surface area contributed by atoms with Crippen LogP contribution in [0.5, 0.6) is 0 Å². The Morgan fingerprint density at radius 2 is 1.48 bits per heavy atom. The topological polar surface area (TPSA) is 38.9 Å². The van der Waals surface area contributed by atoms with Gasteiger partial charge in [-0.2, -0.15) is 0 Å². The Hall–Kier alpha value is -3.39. The minimum Gasteiger partial charge on any atom is -0.398 e. The molecule has 5 aromatic rings. The molecule has 4 aromatic carbocycles. The highest BCUT2D eigenvalue weighted by Crippen LogP contribution is 2.41. The number of nitrogens with two attached hydrogens (primary N) is 1. The fraction of sp³-hybridized carbons (Fsp3) is 0.207. The van der Waals surface area contributed by atoms with Crippen molar-refractivity contribution in [3.8, 4) is 0 Å². The van der Waals surface area contributed by atoms with E-state index in [0.717, 1.165) is 11.6 Å². The molecule has 0 bridgehead atoms. The van der Waals surface area contributed by atoms with E-state index >= 15 is 0 Å². The van der Waals surface area contributed by atoms with Crippen molar-refractivity contribution < 1.29 is 0 Å². The zero-order valence-electron chi connectivity index (χ0n) is 18.2. The van der Waals surface area contributed by atoms with Crippen LogP contribution >= 0.6 is 0 Å². The van der Waals surface area contributed by atoms with Crippen molar-refractivity contribution in [3.63, 3.8) is 0 Å². The zero-order chi connectivity index (χ0) is 21.4. The summed E-state index contributed by atoms with van der Waals surface area (Å²) < 4.78 is 0. The van der Waals surface area contributed by atoms with E-state index in [1.807, 2.05) is 30.6 Å². The summed E-state index contributed by atoms with van der Waals surface area (Å²) in [6.07, 6.45) is 6.13. The van der Waals surface area contributed by atoms with Crippen molar-refractivity contribution in [2.45, 2.75) is 32.6 Å². The lowest BCUT2D eigenvalue weighted by Crippen LogP contribution is -2.16. The van der Waals surface area contributed by atoms with E-state index in [4.69, 9.17) is 5.73 Å². The SMILES string of the molecule is CC1CCc2c(ccc3c2cc(N)c2ccccc23)C1C.c1ccc2cnccc2c1. The van der Waals surface area contributed by atoms with Gasteiger partial charge in [-0.1, -0.05) is 74.5 Å². The summed E-state index contributed by atoms with van der Waals surface area (Å²) in [5.41, 5.74) is 10.3. The number of anilines is 1. The maximum atomic E-state index is 6.32. The van der Waals surface area contributed by atoms with Crippen LogP contribution in [-0.4, -0.2) is 4.98 Å². The van der Waals surface area contributed by atoms with Crippen LogP contribution in [0.2, 0.25) is 0 Å². The molecule has 154 valence electrons. The Bertz CT molecular complexity index is 1320. The number of aromatic nitrogens is 1. The minimum atomic E-state index is 0.644. The van der Waals surface area contributed by atoms with Crippen molar-refractivity contribution in [2.24, 2.45) is 5.92 Å². The van der Waals surface area contributed by atoms with Crippen molar-refractivity contribution in [1.29, 1.82) is 0 Å². The Balaban J connectivity index is 0.000000171. The van der Waals surface area contributed by atoms with Crippen molar-refractivity contribution in [2.75, 3.05) is 5.73 Å². The summed E-state index contributed by atoms with van der Waals surface area (Å²) in [5, 5.41) is 7.61. The number of benzene rings is 4. The van der Waals surface area contributed by atoms with E-state index in [0.29, 0.717) is 5.92 Å². The third-order valence-electron chi connectivity index (χ3n) is 6.96. The van der Waals surface area contributed by atoms with Gasteiger partial charge in [-0.3, -0.25) is 4.98 Å². The van der Waals surface area contributed by atoms with Gasteiger partial charge in [-0.05, 0) is 74.9 Å². The average molecular weight is 405 g/mol. The first-order chi connectivity index (χ1) is 15.1. The van der Waals surface area contributed by atoms with Crippen LogP contribution in [0.15, 0.2) is 85.2 Å². The van der Waals surface area contributed by atoms with Crippen LogP contribution in [0.3, 0.4) is 0 Å². The van der Waals surface area contributed by atoms with E-state index in [1.165, 1.54) is 56.3 Å². The summed E-state index contributed by atoms with van der Waals surface area (Å²) in [4.78, 5) is 4.01. The van der Waals surface area contributed by atoms with Gasteiger partial charge in [0.1, 0.15) is 0 Å². The fourth-order valence-corrected chi connectivity index (χ4v) is 4.95. The molecule has 1 heterocycles. The summed E-state index contributed by atoms with van der Waals surface area (Å²) in [5.74, 6) is 1.42. The standard InChI is InChI=1S/C20H21N.C9H7N/c1-12-7-8-16-14(13(12)2)9-10-17-15-5-3-4-6-18(15)20(21)11-19(16)17;1-2-4-9-7-10-6-5-8(9)3-1/h3-6,9-13H,7-8,21H2,1-2H3;1-7H. The molecule has 2 nitrogen and oxygen atoms in total. The maximum absolute atomic E-state index is 6.32. The molecule has 2 heteroatoms. The highest BCUT2D eigenvalue weighted by molar-refractivity contribution is 6.13. The van der Waals surface area contributed by atoms with Gasteiger partial charge in [0.2, 0.25) is 0 Å². The Labute approximate surface area is 183 Å². The highest BCUT2D eigenvalue weighted by atomic mass is 14.6. The minimum absolute atomic E-state index is 0.644. The molecule has 0 saturated heterocycles. The molecule has 1 aliphatic carbocycles. The largest absolute Gasteiger partial charge is 0.398 e. The molecule has 0 spiro atoms. The fourth-order valence-electron chi connectivity index (χ4n) is 4.95. The quantitative estimate of drug-likeness (QED) is 0.214. The monoisotopic (exact) mass is 404 g/mol. The molecular formula is C29H28N2. The molecule has 0 radical (unpaired) electrons. The number of aryl methyl sites for hydroxylation is 1. The van der Waals surface area contributed by atoms with E-state index in [9.17, 15) is 0 Å². The lowest BCUT2D eigenvalue weighted by atomic mass is 9.75. The average Bonchev–Trinajstić information content (AvgIpc) is 2.82. The van der Waals surface area contributed by atoms with Crippen LogP contribution in [0.1, 0.15) is 37.3 Å². The van der Waals surface area contributed by atoms with Gasteiger partial charge in [0.05, 0.1) is 0 Å². The van der Waals surface area contributed by atoms with Gasteiger partial charge >= 0.3 is 0 Å². The van der Waals surface area contributed by atoms with Crippen LogP contribution in [0.25, 0.3) is 32.3 Å². The molecule has 0 amide bonds. The second-order valence-corrected chi connectivity index (χ2v) is 8.77. The number of pyridine rings is 1. The zero-order valence-corrected chi connectivity index (χ0v) is 18.2. The molecule has 2 N–H and O–H groups in total. The first-order valence-electron chi connectivity index (χ1n) is 11.1. The Kier molecular flexibility index (Phi) is 5.07.